The van der Waals surface area contributed by atoms with Crippen LogP contribution in [0.4, 0.5) is 22.0 Å². The third-order valence-corrected chi connectivity index (χ3v) is 6.48. The number of amides is 2. The molecule has 0 bridgehead atoms. The summed E-state index contributed by atoms with van der Waals surface area (Å²) in [4.78, 5) is 24.9. The van der Waals surface area contributed by atoms with Gasteiger partial charge in [0.2, 0.25) is 5.82 Å². The molecule has 1 aliphatic carbocycles. The van der Waals surface area contributed by atoms with Crippen molar-refractivity contribution in [3.8, 4) is 17.2 Å². The van der Waals surface area contributed by atoms with E-state index in [0.29, 0.717) is 27.8 Å². The topological polar surface area (TPSA) is 97.9 Å². The Bertz CT molecular complexity index is 1560. The fourth-order valence-electron chi connectivity index (χ4n) is 4.09. The van der Waals surface area contributed by atoms with Crippen LogP contribution in [0.2, 0.25) is 5.02 Å². The van der Waals surface area contributed by atoms with Crippen LogP contribution in [-0.4, -0.2) is 53.4 Å². The molecule has 0 spiro atoms. The van der Waals surface area contributed by atoms with E-state index in [1.807, 2.05) is 0 Å². The maximum absolute atomic E-state index is 14.7. The van der Waals surface area contributed by atoms with Crippen molar-refractivity contribution in [3.63, 3.8) is 0 Å². The quantitative estimate of drug-likeness (QED) is 0.287. The lowest BCUT2D eigenvalue weighted by Gasteiger charge is -2.21. The third kappa shape index (κ3) is 4.55. The van der Waals surface area contributed by atoms with Gasteiger partial charge in [-0.05, 0) is 54.0 Å². The van der Waals surface area contributed by atoms with E-state index < -0.39 is 35.9 Å². The van der Waals surface area contributed by atoms with Gasteiger partial charge in [-0.3, -0.25) is 9.59 Å². The van der Waals surface area contributed by atoms with Crippen molar-refractivity contribution >= 4 is 34.3 Å². The average Bonchev–Trinajstić information content (AvgIpc) is 3.43. The largest absolute Gasteiger partial charge is 0.471 e. The Hall–Kier alpha value is -4.07. The molecule has 2 aromatic heterocycles. The van der Waals surface area contributed by atoms with E-state index in [1.54, 1.807) is 29.1 Å². The van der Waals surface area contributed by atoms with Crippen LogP contribution in [0.1, 0.15) is 18.4 Å². The maximum atomic E-state index is 14.7. The Morgan fingerprint density at radius 1 is 1.16 bits per heavy atom. The number of halogens is 6. The zero-order chi connectivity index (χ0) is 27.4. The number of benzene rings is 2. The first-order valence-electron chi connectivity index (χ1n) is 11.1. The Labute approximate surface area is 215 Å². The van der Waals surface area contributed by atoms with Gasteiger partial charge in [-0.1, -0.05) is 28.2 Å². The smallest absolute Gasteiger partial charge is 0.334 e. The van der Waals surface area contributed by atoms with Crippen LogP contribution in [0.15, 0.2) is 42.5 Å². The molecule has 0 radical (unpaired) electrons. The second kappa shape index (κ2) is 9.04. The van der Waals surface area contributed by atoms with E-state index >= 15 is 0 Å². The van der Waals surface area contributed by atoms with Gasteiger partial charge in [0.15, 0.2) is 0 Å². The van der Waals surface area contributed by atoms with Crippen molar-refractivity contribution in [2.24, 2.45) is 7.05 Å². The van der Waals surface area contributed by atoms with Gasteiger partial charge in [-0.25, -0.2) is 4.39 Å². The van der Waals surface area contributed by atoms with E-state index in [4.69, 9.17) is 11.6 Å². The minimum absolute atomic E-state index is 0.103. The first-order chi connectivity index (χ1) is 17.9. The Morgan fingerprint density at radius 3 is 2.42 bits per heavy atom. The number of nitrogens with zero attached hydrogens (tertiary/aromatic N) is 6. The molecule has 0 aliphatic heterocycles. The molecule has 1 fully saturated rings. The van der Waals surface area contributed by atoms with Gasteiger partial charge in [0.1, 0.15) is 17.1 Å². The van der Waals surface area contributed by atoms with Crippen LogP contribution in [0.25, 0.3) is 28.1 Å². The number of nitrogens with one attached hydrogen (secondary N) is 1. The predicted molar refractivity (Wildman–Crippen MR) is 124 cm³/mol. The van der Waals surface area contributed by atoms with Gasteiger partial charge >= 0.3 is 12.1 Å². The molecule has 0 unspecified atom stereocenters. The number of alkyl halides is 3. The van der Waals surface area contributed by atoms with E-state index in [9.17, 15) is 31.6 Å². The number of aryl methyl sites for hydroxylation is 1. The molecule has 2 amide bonds. The van der Waals surface area contributed by atoms with E-state index in [-0.39, 0.29) is 28.8 Å². The fraction of sp³-hybridized carbons (Fsp3) is 0.261. The van der Waals surface area contributed by atoms with Crippen molar-refractivity contribution in [1.82, 2.24) is 35.2 Å². The lowest BCUT2D eigenvalue weighted by Crippen LogP contribution is -2.52. The Morgan fingerprint density at radius 2 is 1.84 bits per heavy atom. The van der Waals surface area contributed by atoms with Crippen LogP contribution in [0.5, 0.6) is 0 Å². The fourth-order valence-corrected chi connectivity index (χ4v) is 4.41. The minimum atomic E-state index is -5.19. The second-order valence-electron chi connectivity index (χ2n) is 8.79. The summed E-state index contributed by atoms with van der Waals surface area (Å²) in [5, 5.41) is 14.0. The highest BCUT2D eigenvalue weighted by Crippen LogP contribution is 2.40. The zero-order valence-electron chi connectivity index (χ0n) is 19.4. The van der Waals surface area contributed by atoms with Crippen molar-refractivity contribution in [2.45, 2.75) is 31.1 Å². The summed E-state index contributed by atoms with van der Waals surface area (Å²) < 4.78 is 68.1. The van der Waals surface area contributed by atoms with Gasteiger partial charge in [0.05, 0.1) is 24.1 Å². The molecule has 4 aromatic rings. The molecule has 15 heteroatoms. The number of carbonyl (C=O) groups excluding carboxylic acids is 2. The molecule has 38 heavy (non-hydrogen) atoms. The standard InChI is InChI=1S/C23H17ClF5N7O2/c1-34-32-19(31-33-34)18-17(24)15-10-13(25)4-7-16(15)36(18)14-5-2-12(3-6-14)11-35(29)21(38)22(8-9-22)30-20(37)23(26,27)28/h2-7,10H,8-9,11H2,1H3,(H,30,37). The first kappa shape index (κ1) is 25.6. The van der Waals surface area contributed by atoms with Gasteiger partial charge < -0.3 is 9.88 Å². The minimum Gasteiger partial charge on any atom is -0.334 e. The molecule has 9 nitrogen and oxygen atoms in total. The number of aromatic nitrogens is 5. The van der Waals surface area contributed by atoms with Crippen LogP contribution in [-0.2, 0) is 23.2 Å². The number of hydrogen-bond donors (Lipinski definition) is 1. The van der Waals surface area contributed by atoms with Crippen LogP contribution in [0.3, 0.4) is 0 Å². The molecule has 0 atom stereocenters. The zero-order valence-corrected chi connectivity index (χ0v) is 20.2. The number of rotatable bonds is 6. The molecule has 2 heterocycles. The Kier molecular flexibility index (Phi) is 6.09. The average molecular weight is 554 g/mol. The molecule has 1 N–H and O–H groups in total. The van der Waals surface area contributed by atoms with Crippen LogP contribution in [0, 0.1) is 5.82 Å². The van der Waals surface area contributed by atoms with Crippen molar-refractivity contribution in [2.75, 3.05) is 0 Å². The molecule has 5 rings (SSSR count). The predicted octanol–water partition coefficient (Wildman–Crippen LogP) is 4.04. The Balaban J connectivity index is 1.42. The molecule has 198 valence electrons. The summed E-state index contributed by atoms with van der Waals surface area (Å²) in [6.07, 6.45) is -5.40. The maximum Gasteiger partial charge on any atom is 0.471 e. The number of carbonyl (C=O) groups is 2. The van der Waals surface area contributed by atoms with Crippen LogP contribution < -0.4 is 5.32 Å². The van der Waals surface area contributed by atoms with Gasteiger partial charge in [-0.15, -0.1) is 10.2 Å². The van der Waals surface area contributed by atoms with Gasteiger partial charge in [-0.2, -0.15) is 23.1 Å². The summed E-state index contributed by atoms with van der Waals surface area (Å²) in [6.45, 7) is -0.570. The first-order valence-corrected chi connectivity index (χ1v) is 11.5. The van der Waals surface area contributed by atoms with Crippen molar-refractivity contribution in [3.05, 3.63) is 58.9 Å². The highest BCUT2D eigenvalue weighted by atomic mass is 35.5. The number of fused-ring (bicyclic) bond motifs is 1. The van der Waals surface area contributed by atoms with Gasteiger partial charge in [0.25, 0.3) is 5.91 Å². The molecule has 0 saturated heterocycles. The third-order valence-electron chi connectivity index (χ3n) is 6.09. The second-order valence-corrected chi connectivity index (χ2v) is 9.17. The lowest BCUT2D eigenvalue weighted by atomic mass is 10.1. The molecule has 1 aliphatic rings. The molecule has 2 aromatic carbocycles. The number of tetrazole rings is 1. The summed E-state index contributed by atoms with van der Waals surface area (Å²) >= 11 is 6.58. The van der Waals surface area contributed by atoms with Crippen molar-refractivity contribution in [1.29, 1.82) is 0 Å². The number of hydrogen-bond acceptors (Lipinski definition) is 5. The summed E-state index contributed by atoms with van der Waals surface area (Å²) in [5.74, 6) is -3.89. The monoisotopic (exact) mass is 553 g/mol. The van der Waals surface area contributed by atoms with E-state index in [0.717, 1.165) is 0 Å². The lowest BCUT2D eigenvalue weighted by molar-refractivity contribution is -0.176. The van der Waals surface area contributed by atoms with E-state index in [2.05, 4.69) is 15.4 Å². The molecular formula is C23H17ClF5N7O2. The van der Waals surface area contributed by atoms with Crippen LogP contribution >= 0.6 is 11.6 Å². The highest BCUT2D eigenvalue weighted by molar-refractivity contribution is 6.38. The van der Waals surface area contributed by atoms with Crippen molar-refractivity contribution < 1.29 is 31.6 Å². The highest BCUT2D eigenvalue weighted by Gasteiger charge is 2.56. The van der Waals surface area contributed by atoms with Gasteiger partial charge in [0, 0.05) is 11.1 Å². The molecular weight excluding hydrogens is 537 g/mol. The summed E-state index contributed by atoms with van der Waals surface area (Å²) in [5.41, 5.74) is -0.199. The van der Waals surface area contributed by atoms with E-state index in [1.165, 1.54) is 35.1 Å². The summed E-state index contributed by atoms with van der Waals surface area (Å²) in [7, 11) is 1.57. The normalized spacial score (nSPS) is 14.5. The molecule has 1 saturated carbocycles. The summed E-state index contributed by atoms with van der Waals surface area (Å²) in [6, 6.07) is 10.2. The SMILES string of the molecule is Cn1nnc(-c2c(Cl)c3cc(F)ccc3n2-c2ccc(CN(F)C(=O)C3(NC(=O)C(F)(F)F)CC3)cc2)n1.